The minimum atomic E-state index is -0.231. The van der Waals surface area contributed by atoms with Crippen molar-refractivity contribution in [1.82, 2.24) is 9.88 Å². The van der Waals surface area contributed by atoms with E-state index >= 15 is 0 Å². The standard InChI is InChI=1S/C18H21FN2O2S/c19-15-3-1-13(2-4-15)16-10-24-17(20-16)8-21-7-14-9-23-6-5-18(14,11-21)12-22/h1-4,10,14,22H,5-9,11-12H2/t14-,18-/m1/s1. The fraction of sp³-hybridized carbons (Fsp3) is 0.500. The van der Waals surface area contributed by atoms with Crippen molar-refractivity contribution < 1.29 is 14.2 Å². The van der Waals surface area contributed by atoms with Crippen molar-refractivity contribution >= 4 is 11.3 Å². The fourth-order valence-electron chi connectivity index (χ4n) is 3.86. The van der Waals surface area contributed by atoms with Gasteiger partial charge in [0.15, 0.2) is 0 Å². The Hall–Kier alpha value is -1.34. The maximum atomic E-state index is 13.0. The van der Waals surface area contributed by atoms with Crippen molar-refractivity contribution in [1.29, 1.82) is 0 Å². The quantitative estimate of drug-likeness (QED) is 0.923. The normalized spacial score (nSPS) is 27.3. The predicted octanol–water partition coefficient (Wildman–Crippen LogP) is 2.78. The number of hydrogen-bond acceptors (Lipinski definition) is 5. The summed E-state index contributed by atoms with van der Waals surface area (Å²) in [6, 6.07) is 6.45. The first-order valence-corrected chi connectivity index (χ1v) is 9.18. The third-order valence-corrected chi connectivity index (χ3v) is 6.15. The van der Waals surface area contributed by atoms with E-state index in [1.807, 2.05) is 5.38 Å². The average molecular weight is 348 g/mol. The number of fused-ring (bicyclic) bond motifs is 1. The molecular formula is C18H21FN2O2S. The highest BCUT2D eigenvalue weighted by Gasteiger charge is 2.47. The summed E-state index contributed by atoms with van der Waals surface area (Å²) in [5.74, 6) is 0.179. The molecule has 24 heavy (non-hydrogen) atoms. The van der Waals surface area contributed by atoms with Crippen molar-refractivity contribution in [3.63, 3.8) is 0 Å². The molecule has 6 heteroatoms. The van der Waals surface area contributed by atoms with Crippen molar-refractivity contribution in [2.24, 2.45) is 11.3 Å². The van der Waals surface area contributed by atoms with Crippen molar-refractivity contribution in [3.8, 4) is 11.3 Å². The Bertz CT molecular complexity index is 705. The van der Waals surface area contributed by atoms with E-state index in [-0.39, 0.29) is 17.8 Å². The van der Waals surface area contributed by atoms with E-state index in [1.165, 1.54) is 12.1 Å². The third kappa shape index (κ3) is 2.99. The van der Waals surface area contributed by atoms with Gasteiger partial charge in [-0.3, -0.25) is 4.90 Å². The van der Waals surface area contributed by atoms with E-state index in [2.05, 4.69) is 4.90 Å². The summed E-state index contributed by atoms with van der Waals surface area (Å²) >= 11 is 1.63. The predicted molar refractivity (Wildman–Crippen MR) is 91.2 cm³/mol. The monoisotopic (exact) mass is 348 g/mol. The number of ether oxygens (including phenoxy) is 1. The largest absolute Gasteiger partial charge is 0.396 e. The fourth-order valence-corrected chi connectivity index (χ4v) is 4.71. The van der Waals surface area contributed by atoms with E-state index in [4.69, 9.17) is 9.72 Å². The lowest BCUT2D eigenvalue weighted by atomic mass is 9.75. The summed E-state index contributed by atoms with van der Waals surface area (Å²) in [5.41, 5.74) is 1.83. The number of aromatic nitrogens is 1. The molecule has 2 saturated heterocycles. The van der Waals surface area contributed by atoms with Gasteiger partial charge in [0, 0.05) is 42.0 Å². The highest BCUT2D eigenvalue weighted by molar-refractivity contribution is 7.09. The maximum Gasteiger partial charge on any atom is 0.123 e. The van der Waals surface area contributed by atoms with Crippen LogP contribution in [0.5, 0.6) is 0 Å². The molecule has 2 aliphatic rings. The number of aliphatic hydroxyl groups excluding tert-OH is 1. The van der Waals surface area contributed by atoms with Gasteiger partial charge in [-0.1, -0.05) is 0 Å². The van der Waals surface area contributed by atoms with Gasteiger partial charge in [-0.05, 0) is 30.7 Å². The minimum absolute atomic E-state index is 0.00467. The molecule has 4 rings (SSSR count). The lowest BCUT2D eigenvalue weighted by molar-refractivity contribution is -0.0417. The molecule has 0 unspecified atom stereocenters. The molecule has 0 radical (unpaired) electrons. The summed E-state index contributed by atoms with van der Waals surface area (Å²) in [5, 5.41) is 13.0. The van der Waals surface area contributed by atoms with Crippen molar-refractivity contribution in [2.45, 2.75) is 13.0 Å². The topological polar surface area (TPSA) is 45.6 Å². The second kappa shape index (κ2) is 6.52. The Morgan fingerprint density at radius 2 is 2.21 bits per heavy atom. The van der Waals surface area contributed by atoms with Gasteiger partial charge in [0.2, 0.25) is 0 Å². The van der Waals surface area contributed by atoms with E-state index in [0.717, 1.165) is 55.5 Å². The summed E-state index contributed by atoms with van der Waals surface area (Å²) < 4.78 is 18.6. The Balaban J connectivity index is 1.46. The van der Waals surface area contributed by atoms with Crippen LogP contribution < -0.4 is 0 Å². The minimum Gasteiger partial charge on any atom is -0.396 e. The third-order valence-electron chi connectivity index (χ3n) is 5.31. The molecule has 2 fully saturated rings. The number of nitrogens with zero attached hydrogens (tertiary/aromatic N) is 2. The molecule has 2 aromatic rings. The molecule has 3 heterocycles. The summed E-state index contributed by atoms with van der Waals surface area (Å²) in [7, 11) is 0. The Morgan fingerprint density at radius 1 is 1.38 bits per heavy atom. The first-order chi connectivity index (χ1) is 11.7. The van der Waals surface area contributed by atoms with Crippen LogP contribution in [0.1, 0.15) is 11.4 Å². The maximum absolute atomic E-state index is 13.0. The zero-order valence-corrected chi connectivity index (χ0v) is 14.3. The number of aliphatic hydroxyl groups is 1. The zero-order valence-electron chi connectivity index (χ0n) is 13.4. The van der Waals surface area contributed by atoms with E-state index < -0.39 is 0 Å². The molecule has 1 N–H and O–H groups in total. The van der Waals surface area contributed by atoms with E-state index in [9.17, 15) is 9.50 Å². The number of rotatable bonds is 4. The Labute approximate surface area is 144 Å². The van der Waals surface area contributed by atoms with Crippen LogP contribution in [0.25, 0.3) is 11.3 Å². The molecule has 1 aromatic carbocycles. The number of hydrogen-bond donors (Lipinski definition) is 1. The molecule has 2 aliphatic heterocycles. The van der Waals surface area contributed by atoms with Crippen LogP contribution in [0, 0.1) is 17.2 Å². The average Bonchev–Trinajstić information content (AvgIpc) is 3.20. The van der Waals surface area contributed by atoms with Crippen LogP contribution >= 0.6 is 11.3 Å². The smallest absolute Gasteiger partial charge is 0.123 e. The first kappa shape index (κ1) is 16.1. The Kier molecular flexibility index (Phi) is 4.39. The molecule has 4 nitrogen and oxygen atoms in total. The summed E-state index contributed by atoms with van der Waals surface area (Å²) in [4.78, 5) is 7.08. The van der Waals surface area contributed by atoms with Gasteiger partial charge in [-0.15, -0.1) is 11.3 Å². The van der Waals surface area contributed by atoms with Crippen LogP contribution in [-0.4, -0.2) is 47.9 Å². The van der Waals surface area contributed by atoms with Gasteiger partial charge in [0.25, 0.3) is 0 Å². The highest BCUT2D eigenvalue weighted by atomic mass is 32.1. The molecule has 0 aliphatic carbocycles. The van der Waals surface area contributed by atoms with Crippen LogP contribution in [0.15, 0.2) is 29.6 Å². The molecule has 1 aromatic heterocycles. The molecule has 0 spiro atoms. The summed E-state index contributed by atoms with van der Waals surface area (Å²) in [6.07, 6.45) is 0.934. The SMILES string of the molecule is OC[C@]12CCOC[C@H]1CN(Cc1nc(-c3ccc(F)cc3)cs1)C2. The number of likely N-dealkylation sites (tertiary alicyclic amines) is 1. The second-order valence-corrected chi connectivity index (χ2v) is 7.79. The number of halogens is 1. The van der Waals surface area contributed by atoms with Crippen LogP contribution in [0.4, 0.5) is 4.39 Å². The molecule has 2 atom stereocenters. The first-order valence-electron chi connectivity index (χ1n) is 8.30. The zero-order chi connectivity index (χ0) is 16.6. The summed E-state index contributed by atoms with van der Waals surface area (Å²) in [6.45, 7) is 4.38. The number of benzene rings is 1. The van der Waals surface area contributed by atoms with Gasteiger partial charge < -0.3 is 9.84 Å². The molecule has 0 bridgehead atoms. The van der Waals surface area contributed by atoms with Gasteiger partial charge in [0.05, 0.1) is 25.5 Å². The van der Waals surface area contributed by atoms with Gasteiger partial charge in [-0.25, -0.2) is 9.37 Å². The molecular weight excluding hydrogens is 327 g/mol. The Morgan fingerprint density at radius 3 is 2.96 bits per heavy atom. The van der Waals surface area contributed by atoms with Crippen molar-refractivity contribution in [2.75, 3.05) is 32.9 Å². The van der Waals surface area contributed by atoms with Gasteiger partial charge in [0.1, 0.15) is 10.8 Å². The molecule has 0 saturated carbocycles. The van der Waals surface area contributed by atoms with Crippen LogP contribution in [-0.2, 0) is 11.3 Å². The lowest BCUT2D eigenvalue weighted by Crippen LogP contribution is -2.41. The van der Waals surface area contributed by atoms with Gasteiger partial charge >= 0.3 is 0 Å². The van der Waals surface area contributed by atoms with Gasteiger partial charge in [-0.2, -0.15) is 0 Å². The van der Waals surface area contributed by atoms with Crippen LogP contribution in [0.3, 0.4) is 0 Å². The van der Waals surface area contributed by atoms with Crippen molar-refractivity contribution in [3.05, 3.63) is 40.5 Å². The molecule has 0 amide bonds. The number of thiazole rings is 1. The highest BCUT2D eigenvalue weighted by Crippen LogP contribution is 2.42. The second-order valence-electron chi connectivity index (χ2n) is 6.85. The van der Waals surface area contributed by atoms with E-state index in [1.54, 1.807) is 23.5 Å². The van der Waals surface area contributed by atoms with E-state index in [0.29, 0.717) is 5.92 Å². The lowest BCUT2D eigenvalue weighted by Gasteiger charge is -2.36. The van der Waals surface area contributed by atoms with Crippen LogP contribution in [0.2, 0.25) is 0 Å². The molecule has 128 valence electrons.